The van der Waals surface area contributed by atoms with Gasteiger partial charge in [-0.15, -0.1) is 0 Å². The Hall–Kier alpha value is -0.990. The smallest absolute Gasteiger partial charge is 0.261 e. The van der Waals surface area contributed by atoms with Crippen molar-refractivity contribution in [2.45, 2.75) is 25.4 Å². The molecule has 1 unspecified atom stereocenters. The second kappa shape index (κ2) is 5.77. The molecule has 0 radical (unpaired) electrons. The van der Waals surface area contributed by atoms with Gasteiger partial charge in [0.05, 0.1) is 11.3 Å². The van der Waals surface area contributed by atoms with Gasteiger partial charge < -0.3 is 10.3 Å². The van der Waals surface area contributed by atoms with Crippen LogP contribution in [0.15, 0.2) is 17.6 Å². The fourth-order valence-electron chi connectivity index (χ4n) is 1.38. The van der Waals surface area contributed by atoms with Gasteiger partial charge in [-0.25, -0.2) is 13.4 Å². The normalized spacial score (nSPS) is 13.8. The molecule has 0 aromatic carbocycles. The number of aryl methyl sites for hydroxylation is 1. The highest BCUT2D eigenvalue weighted by Gasteiger charge is 2.25. The van der Waals surface area contributed by atoms with E-state index in [4.69, 9.17) is 18.0 Å². The maximum Gasteiger partial charge on any atom is 0.261 e. The van der Waals surface area contributed by atoms with Gasteiger partial charge in [0.25, 0.3) is 10.0 Å². The average Bonchev–Trinajstić information content (AvgIpc) is 2.77. The molecule has 0 spiro atoms. The number of aromatic nitrogens is 2. The highest BCUT2D eigenvalue weighted by atomic mass is 32.2. The van der Waals surface area contributed by atoms with Crippen molar-refractivity contribution >= 4 is 27.2 Å². The van der Waals surface area contributed by atoms with E-state index in [9.17, 15) is 8.42 Å². The zero-order valence-electron chi connectivity index (χ0n) is 10.7. The molecule has 18 heavy (non-hydrogen) atoms. The fraction of sp³-hybridized carbons (Fsp3) is 0.600. The molecule has 0 aliphatic rings. The van der Waals surface area contributed by atoms with E-state index < -0.39 is 10.0 Å². The maximum atomic E-state index is 12.2. The Kier molecular flexibility index (Phi) is 4.83. The van der Waals surface area contributed by atoms with Gasteiger partial charge >= 0.3 is 0 Å². The van der Waals surface area contributed by atoms with Crippen LogP contribution in [0.25, 0.3) is 0 Å². The van der Waals surface area contributed by atoms with E-state index in [1.54, 1.807) is 11.5 Å². The third-order valence-corrected chi connectivity index (χ3v) is 4.78. The number of thiocarbonyl (C=S) groups is 1. The van der Waals surface area contributed by atoms with Crippen LogP contribution in [-0.2, 0) is 16.6 Å². The lowest BCUT2D eigenvalue weighted by atomic mass is 10.2. The van der Waals surface area contributed by atoms with E-state index in [1.165, 1.54) is 23.9 Å². The Bertz CT molecular complexity index is 524. The second-order valence-corrected chi connectivity index (χ2v) is 6.59. The lowest BCUT2D eigenvalue weighted by Crippen LogP contribution is -2.35. The van der Waals surface area contributed by atoms with Crippen LogP contribution < -0.4 is 5.73 Å². The van der Waals surface area contributed by atoms with Crippen molar-refractivity contribution in [1.29, 1.82) is 0 Å². The van der Waals surface area contributed by atoms with Gasteiger partial charge in [0, 0.05) is 32.3 Å². The first-order valence-electron chi connectivity index (χ1n) is 5.56. The summed E-state index contributed by atoms with van der Waals surface area (Å²) in [5, 5.41) is 0.0435. The van der Waals surface area contributed by atoms with Crippen molar-refractivity contribution < 1.29 is 8.42 Å². The average molecular weight is 290 g/mol. The van der Waals surface area contributed by atoms with Crippen molar-refractivity contribution in [3.8, 4) is 0 Å². The molecule has 102 valence electrons. The summed E-state index contributed by atoms with van der Waals surface area (Å²) < 4.78 is 27.3. The highest BCUT2D eigenvalue weighted by Crippen LogP contribution is 2.13. The van der Waals surface area contributed by atoms with E-state index in [0.717, 1.165) is 0 Å². The number of hydrogen-bond acceptors (Lipinski definition) is 4. The molecule has 1 aromatic heterocycles. The second-order valence-electron chi connectivity index (χ2n) is 4.13. The first kappa shape index (κ1) is 15.1. The molecule has 1 rings (SSSR count). The van der Waals surface area contributed by atoms with Gasteiger partial charge in [0.1, 0.15) is 0 Å². The number of sulfonamides is 1. The number of hydrogen-bond donors (Lipinski definition) is 1. The molecule has 1 atom stereocenters. The summed E-state index contributed by atoms with van der Waals surface area (Å²) in [4.78, 5) is 4.20. The predicted molar refractivity (Wildman–Crippen MR) is 73.7 cm³/mol. The molecule has 0 saturated heterocycles. The monoisotopic (exact) mass is 290 g/mol. The minimum atomic E-state index is -3.57. The SMILES string of the molecule is CCn1cnc(S(=O)(=O)N(C)CC(C)C(N)=S)c1. The van der Waals surface area contributed by atoms with Crippen molar-refractivity contribution in [3.05, 3.63) is 12.5 Å². The summed E-state index contributed by atoms with van der Waals surface area (Å²) in [6, 6.07) is 0. The minimum absolute atomic E-state index is 0.0435. The Balaban J connectivity index is 2.89. The van der Waals surface area contributed by atoms with Crippen molar-refractivity contribution in [3.63, 3.8) is 0 Å². The van der Waals surface area contributed by atoms with Gasteiger partial charge in [0.2, 0.25) is 0 Å². The molecule has 0 fully saturated rings. The summed E-state index contributed by atoms with van der Waals surface area (Å²) >= 11 is 4.84. The van der Waals surface area contributed by atoms with E-state index in [2.05, 4.69) is 4.98 Å². The largest absolute Gasteiger partial charge is 0.393 e. The van der Waals surface area contributed by atoms with Gasteiger partial charge in [-0.1, -0.05) is 19.1 Å². The van der Waals surface area contributed by atoms with Crippen LogP contribution >= 0.6 is 12.2 Å². The number of nitrogens with zero attached hydrogens (tertiary/aromatic N) is 3. The van der Waals surface area contributed by atoms with E-state index in [0.29, 0.717) is 11.5 Å². The molecule has 1 aromatic rings. The number of imidazole rings is 1. The Labute approximate surface area is 113 Å². The molecule has 8 heteroatoms. The lowest BCUT2D eigenvalue weighted by Gasteiger charge is -2.19. The standard InChI is InChI=1S/C10H18N4O2S2/c1-4-14-6-9(12-7-14)18(15,16)13(3)5-8(2)10(11)17/h6-8H,4-5H2,1-3H3,(H2,11,17). The topological polar surface area (TPSA) is 81.2 Å². The molecule has 2 N–H and O–H groups in total. The van der Waals surface area contributed by atoms with Crippen molar-refractivity contribution in [1.82, 2.24) is 13.9 Å². The van der Waals surface area contributed by atoms with Crippen LogP contribution in [0.5, 0.6) is 0 Å². The van der Waals surface area contributed by atoms with Gasteiger partial charge in [-0.05, 0) is 6.92 Å². The van der Waals surface area contributed by atoms with Crippen molar-refractivity contribution in [2.75, 3.05) is 13.6 Å². The highest BCUT2D eigenvalue weighted by molar-refractivity contribution is 7.89. The third kappa shape index (κ3) is 3.27. The van der Waals surface area contributed by atoms with Crippen LogP contribution in [0, 0.1) is 5.92 Å². The third-order valence-electron chi connectivity index (χ3n) is 2.67. The van der Waals surface area contributed by atoms with Gasteiger partial charge in [-0.2, -0.15) is 4.31 Å². The van der Waals surface area contributed by atoms with Crippen LogP contribution in [0.4, 0.5) is 0 Å². The quantitative estimate of drug-likeness (QED) is 0.769. The van der Waals surface area contributed by atoms with Gasteiger partial charge in [0.15, 0.2) is 5.03 Å². The first-order valence-corrected chi connectivity index (χ1v) is 7.41. The summed E-state index contributed by atoms with van der Waals surface area (Å²) in [6.07, 6.45) is 3.01. The number of rotatable bonds is 6. The zero-order chi connectivity index (χ0) is 13.9. The predicted octanol–water partition coefficient (Wildman–Crippen LogP) is 0.446. The Morgan fingerprint density at radius 3 is 2.72 bits per heavy atom. The first-order chi connectivity index (χ1) is 8.28. The van der Waals surface area contributed by atoms with Crippen LogP contribution in [0.2, 0.25) is 0 Å². The van der Waals surface area contributed by atoms with E-state index >= 15 is 0 Å². The fourth-order valence-corrected chi connectivity index (χ4v) is 2.64. The van der Waals surface area contributed by atoms with Crippen LogP contribution in [0.1, 0.15) is 13.8 Å². The molecule has 0 amide bonds. The molecule has 0 bridgehead atoms. The molecular weight excluding hydrogens is 272 g/mol. The van der Waals surface area contributed by atoms with Crippen LogP contribution in [0.3, 0.4) is 0 Å². The zero-order valence-corrected chi connectivity index (χ0v) is 12.3. The van der Waals surface area contributed by atoms with Gasteiger partial charge in [-0.3, -0.25) is 0 Å². The maximum absolute atomic E-state index is 12.2. The molecule has 0 aliphatic heterocycles. The summed E-state index contributed by atoms with van der Waals surface area (Å²) in [5.41, 5.74) is 5.48. The summed E-state index contributed by atoms with van der Waals surface area (Å²) in [5.74, 6) is -0.173. The molecule has 0 saturated carbocycles. The van der Waals surface area contributed by atoms with E-state index in [-0.39, 0.29) is 17.5 Å². The summed E-state index contributed by atoms with van der Waals surface area (Å²) in [7, 11) is -2.08. The molecule has 1 heterocycles. The molecule has 0 aliphatic carbocycles. The Morgan fingerprint density at radius 1 is 1.67 bits per heavy atom. The Morgan fingerprint density at radius 2 is 2.28 bits per heavy atom. The van der Waals surface area contributed by atoms with Crippen molar-refractivity contribution in [2.24, 2.45) is 11.7 Å². The lowest BCUT2D eigenvalue weighted by molar-refractivity contribution is 0.443. The van der Waals surface area contributed by atoms with Crippen LogP contribution in [-0.4, -0.2) is 40.9 Å². The minimum Gasteiger partial charge on any atom is -0.393 e. The summed E-state index contributed by atoms with van der Waals surface area (Å²) in [6.45, 7) is 4.63. The molecular formula is C10H18N4O2S2. The van der Waals surface area contributed by atoms with E-state index in [1.807, 2.05) is 6.92 Å². The molecule has 6 nitrogen and oxygen atoms in total. The number of nitrogens with two attached hydrogens (primary N) is 1.